The third-order valence-corrected chi connectivity index (χ3v) is 7.72. The van der Waals surface area contributed by atoms with E-state index >= 15 is 0 Å². The minimum absolute atomic E-state index is 0.440. The number of benzene rings is 1. The van der Waals surface area contributed by atoms with Gasteiger partial charge in [0, 0.05) is 68.1 Å². The molecule has 0 saturated carbocycles. The fraction of sp³-hybridized carbons (Fsp3) is 0.320. The number of nitrogens with zero attached hydrogens (tertiary/aromatic N) is 6. The van der Waals surface area contributed by atoms with Gasteiger partial charge in [-0.05, 0) is 48.9 Å². The lowest BCUT2D eigenvalue weighted by Crippen LogP contribution is -2.49. The molecule has 0 amide bonds. The Morgan fingerprint density at radius 3 is 2.72 bits per heavy atom. The van der Waals surface area contributed by atoms with Gasteiger partial charge in [-0.3, -0.25) is 9.29 Å². The Hall–Kier alpha value is -3.70. The Morgan fingerprint density at radius 2 is 1.97 bits per heavy atom. The zero-order valence-electron chi connectivity index (χ0n) is 20.6. The highest BCUT2D eigenvalue weighted by molar-refractivity contribution is 7.92. The largest absolute Gasteiger partial charge is 0.366 e. The molecule has 2 N–H and O–H groups in total. The van der Waals surface area contributed by atoms with Crippen molar-refractivity contribution in [3.05, 3.63) is 66.7 Å². The van der Waals surface area contributed by atoms with Crippen molar-refractivity contribution in [2.45, 2.75) is 19.5 Å². The Bertz CT molecular complexity index is 1470. The highest BCUT2D eigenvalue weighted by Crippen LogP contribution is 2.25. The molecule has 10 nitrogen and oxygen atoms in total. The van der Waals surface area contributed by atoms with Gasteiger partial charge < -0.3 is 20.1 Å². The average Bonchev–Trinajstić information content (AvgIpc) is 3.26. The van der Waals surface area contributed by atoms with E-state index in [1.54, 1.807) is 18.6 Å². The van der Waals surface area contributed by atoms with Crippen molar-refractivity contribution in [1.82, 2.24) is 24.8 Å². The molecule has 0 unspecified atom stereocenters. The fourth-order valence-corrected chi connectivity index (χ4v) is 4.96. The first-order valence-electron chi connectivity index (χ1n) is 11.8. The topological polar surface area (TPSA) is 108 Å². The minimum Gasteiger partial charge on any atom is -0.366 e. The molecule has 1 aliphatic heterocycles. The van der Waals surface area contributed by atoms with Crippen molar-refractivity contribution >= 4 is 44.1 Å². The number of hydrogen-bond acceptors (Lipinski definition) is 8. The number of hydrogen-bond donors (Lipinski definition) is 2. The van der Waals surface area contributed by atoms with E-state index in [0.717, 1.165) is 41.9 Å². The molecule has 1 atom stereocenters. The fourth-order valence-electron chi connectivity index (χ4n) is 4.44. The molecule has 188 valence electrons. The van der Waals surface area contributed by atoms with Gasteiger partial charge in [-0.25, -0.2) is 13.4 Å². The second-order valence-electron chi connectivity index (χ2n) is 9.07. The first-order chi connectivity index (χ1) is 17.3. The lowest BCUT2D eigenvalue weighted by molar-refractivity contribution is 0.501. The second-order valence-corrected chi connectivity index (χ2v) is 11.1. The van der Waals surface area contributed by atoms with Crippen molar-refractivity contribution in [2.75, 3.05) is 47.5 Å². The Morgan fingerprint density at radius 1 is 1.17 bits per heavy atom. The van der Waals surface area contributed by atoms with Gasteiger partial charge in [-0.2, -0.15) is 4.98 Å². The van der Waals surface area contributed by atoms with Crippen LogP contribution < -0.4 is 19.8 Å². The van der Waals surface area contributed by atoms with Gasteiger partial charge in [0.2, 0.25) is 16.0 Å². The Balaban J connectivity index is 1.37. The summed E-state index contributed by atoms with van der Waals surface area (Å²) in [6.07, 6.45) is 8.12. The molecule has 0 aliphatic carbocycles. The maximum Gasteiger partial charge on any atom is 0.232 e. The summed E-state index contributed by atoms with van der Waals surface area (Å²) < 4.78 is 27.4. The minimum atomic E-state index is -3.41. The molecular formula is C25H30N8O2S. The number of fused-ring (bicyclic) bond motifs is 1. The lowest BCUT2D eigenvalue weighted by atomic mass is 10.1. The predicted molar refractivity (Wildman–Crippen MR) is 144 cm³/mol. The SMILES string of the molecule is C[C@H]1CNCCN1c1ccc(Nc2ncc3ccn(Cc4ccncc4N(C)S(C)(=O)=O)c3n2)cc1. The molecule has 4 aromatic rings. The van der Waals surface area contributed by atoms with Crippen molar-refractivity contribution < 1.29 is 8.42 Å². The predicted octanol–water partition coefficient (Wildman–Crippen LogP) is 2.81. The van der Waals surface area contributed by atoms with E-state index in [9.17, 15) is 8.42 Å². The second kappa shape index (κ2) is 9.75. The van der Waals surface area contributed by atoms with Crippen LogP contribution in [0.1, 0.15) is 12.5 Å². The Kier molecular flexibility index (Phi) is 6.50. The summed E-state index contributed by atoms with van der Waals surface area (Å²) in [4.78, 5) is 15.7. The van der Waals surface area contributed by atoms with Crippen LogP contribution in [0.25, 0.3) is 11.0 Å². The normalized spacial score (nSPS) is 16.3. The van der Waals surface area contributed by atoms with Crippen molar-refractivity contribution in [2.24, 2.45) is 0 Å². The standard InChI is InChI=1S/C25H30N8O2S/c1-18-14-27-11-13-33(18)22-6-4-21(5-7-22)29-25-28-15-19-9-12-32(24(19)30-25)17-20-8-10-26-16-23(20)31(2)36(3,34)35/h4-10,12,15-16,18,27H,11,13-14,17H2,1-3H3,(H,28,29,30)/t18-/m0/s1. The van der Waals surface area contributed by atoms with E-state index in [1.807, 2.05) is 35.0 Å². The molecule has 0 bridgehead atoms. The zero-order valence-corrected chi connectivity index (χ0v) is 21.4. The van der Waals surface area contributed by atoms with Crippen LogP contribution in [0, 0.1) is 0 Å². The molecule has 1 aliphatic rings. The van der Waals surface area contributed by atoms with E-state index < -0.39 is 10.0 Å². The average molecular weight is 507 g/mol. The summed E-state index contributed by atoms with van der Waals surface area (Å²) in [5, 5.41) is 7.62. The smallest absolute Gasteiger partial charge is 0.232 e. The molecular weight excluding hydrogens is 476 g/mol. The van der Waals surface area contributed by atoms with Crippen molar-refractivity contribution in [3.8, 4) is 0 Å². The van der Waals surface area contributed by atoms with E-state index in [4.69, 9.17) is 4.98 Å². The summed E-state index contributed by atoms with van der Waals surface area (Å²) >= 11 is 0. The van der Waals surface area contributed by atoms with Gasteiger partial charge in [-0.15, -0.1) is 0 Å². The Labute approximate surface area is 211 Å². The monoisotopic (exact) mass is 506 g/mol. The molecule has 1 fully saturated rings. The molecule has 0 radical (unpaired) electrons. The van der Waals surface area contributed by atoms with Crippen molar-refractivity contribution in [3.63, 3.8) is 0 Å². The molecule has 3 aromatic heterocycles. The third kappa shape index (κ3) is 4.98. The molecule has 1 aromatic carbocycles. The lowest BCUT2D eigenvalue weighted by Gasteiger charge is -2.36. The van der Waals surface area contributed by atoms with Crippen LogP contribution in [-0.4, -0.2) is 66.9 Å². The van der Waals surface area contributed by atoms with E-state index in [2.05, 4.69) is 44.6 Å². The van der Waals surface area contributed by atoms with Gasteiger partial charge >= 0.3 is 0 Å². The van der Waals surface area contributed by atoms with Gasteiger partial charge in [0.1, 0.15) is 5.65 Å². The molecule has 11 heteroatoms. The summed E-state index contributed by atoms with van der Waals surface area (Å²) in [5.41, 5.74) is 4.22. The first kappa shape index (κ1) is 24.0. The molecule has 1 saturated heterocycles. The number of nitrogens with one attached hydrogen (secondary N) is 2. The van der Waals surface area contributed by atoms with Crippen molar-refractivity contribution in [1.29, 1.82) is 0 Å². The molecule has 0 spiro atoms. The van der Waals surface area contributed by atoms with Gasteiger partial charge in [0.05, 0.1) is 24.7 Å². The number of anilines is 4. The van der Waals surface area contributed by atoms with Gasteiger partial charge in [-0.1, -0.05) is 0 Å². The van der Waals surface area contributed by atoms with Crippen LogP contribution in [0.4, 0.5) is 23.0 Å². The maximum absolute atomic E-state index is 12.1. The van der Waals surface area contributed by atoms with Crippen LogP contribution in [0.3, 0.4) is 0 Å². The number of aromatic nitrogens is 4. The maximum atomic E-state index is 12.1. The highest BCUT2D eigenvalue weighted by Gasteiger charge is 2.19. The zero-order chi connectivity index (χ0) is 25.3. The quantitative estimate of drug-likeness (QED) is 0.394. The number of piperazine rings is 1. The molecule has 36 heavy (non-hydrogen) atoms. The highest BCUT2D eigenvalue weighted by atomic mass is 32.2. The van der Waals surface area contributed by atoms with E-state index in [0.29, 0.717) is 24.2 Å². The summed E-state index contributed by atoms with van der Waals surface area (Å²) in [7, 11) is -1.88. The van der Waals surface area contributed by atoms with E-state index in [-0.39, 0.29) is 0 Å². The number of rotatable bonds is 7. The van der Waals surface area contributed by atoms with Crippen LogP contribution in [0.5, 0.6) is 0 Å². The number of sulfonamides is 1. The van der Waals surface area contributed by atoms with E-state index in [1.165, 1.54) is 23.3 Å². The third-order valence-electron chi connectivity index (χ3n) is 6.52. The van der Waals surface area contributed by atoms with Crippen LogP contribution in [0.15, 0.2) is 61.2 Å². The summed E-state index contributed by atoms with van der Waals surface area (Å²) in [6, 6.07) is 12.5. The van der Waals surface area contributed by atoms with Crippen LogP contribution in [0.2, 0.25) is 0 Å². The first-order valence-corrected chi connectivity index (χ1v) is 13.7. The van der Waals surface area contributed by atoms with Crippen LogP contribution in [-0.2, 0) is 16.6 Å². The van der Waals surface area contributed by atoms with Gasteiger partial charge in [0.25, 0.3) is 0 Å². The summed E-state index contributed by atoms with van der Waals surface area (Å²) in [5.74, 6) is 0.494. The molecule has 4 heterocycles. The van der Waals surface area contributed by atoms with Gasteiger partial charge in [0.15, 0.2) is 0 Å². The molecule has 5 rings (SSSR count). The summed E-state index contributed by atoms with van der Waals surface area (Å²) in [6.45, 7) is 5.63. The number of pyridine rings is 1. The van der Waals surface area contributed by atoms with Crippen LogP contribution >= 0.6 is 0 Å².